The van der Waals surface area contributed by atoms with E-state index >= 15 is 0 Å². The molecule has 0 radical (unpaired) electrons. The number of benzene rings is 1. The number of aliphatic hydroxyl groups excluding tert-OH is 1. The molecule has 1 aromatic rings. The number of hydrogen-bond acceptors (Lipinski definition) is 3. The summed E-state index contributed by atoms with van der Waals surface area (Å²) < 4.78 is 0. The Morgan fingerprint density at radius 1 is 1.35 bits per heavy atom. The van der Waals surface area contributed by atoms with Crippen molar-refractivity contribution in [2.45, 2.75) is 44.2 Å². The van der Waals surface area contributed by atoms with Gasteiger partial charge in [-0.1, -0.05) is 36.8 Å². The quantitative estimate of drug-likeness (QED) is 0.731. The maximum absolute atomic E-state index is 11.9. The van der Waals surface area contributed by atoms with Crippen LogP contribution in [0, 0.1) is 5.92 Å². The molecule has 1 aliphatic rings. The number of hydrogen-bond donors (Lipinski definition) is 3. The van der Waals surface area contributed by atoms with Gasteiger partial charge in [0.25, 0.3) is 0 Å². The van der Waals surface area contributed by atoms with E-state index in [0.717, 1.165) is 25.7 Å². The lowest BCUT2D eigenvalue weighted by molar-refractivity contribution is -0.122. The molecule has 0 bridgehead atoms. The number of nitrogens with two attached hydrogens (primary N) is 1. The van der Waals surface area contributed by atoms with Gasteiger partial charge in [-0.15, -0.1) is 0 Å². The molecule has 0 spiro atoms. The first-order valence-electron chi connectivity index (χ1n) is 7.42. The molecule has 1 amide bonds. The van der Waals surface area contributed by atoms with E-state index in [1.165, 1.54) is 5.56 Å². The van der Waals surface area contributed by atoms with Gasteiger partial charge >= 0.3 is 0 Å². The summed E-state index contributed by atoms with van der Waals surface area (Å²) in [7, 11) is 0. The SMILES string of the molecule is NC(CCc1ccccc1)C(=O)NCC1CCCC1O. The number of aryl methyl sites for hydroxylation is 1. The predicted octanol–water partition coefficient (Wildman–Crippen LogP) is 1.22. The molecule has 1 aliphatic carbocycles. The minimum atomic E-state index is -0.478. The standard InChI is InChI=1S/C16H24N2O2/c17-14(10-9-12-5-2-1-3-6-12)16(20)18-11-13-7-4-8-15(13)19/h1-3,5-6,13-15,19H,4,7-11,17H2,(H,18,20). The van der Waals surface area contributed by atoms with Crippen LogP contribution in [-0.4, -0.2) is 29.7 Å². The zero-order valence-electron chi connectivity index (χ0n) is 11.8. The molecular formula is C16H24N2O2. The average molecular weight is 276 g/mol. The summed E-state index contributed by atoms with van der Waals surface area (Å²) in [5.74, 6) is 0.0836. The highest BCUT2D eigenvalue weighted by Gasteiger charge is 2.26. The van der Waals surface area contributed by atoms with E-state index in [4.69, 9.17) is 5.73 Å². The maximum Gasteiger partial charge on any atom is 0.236 e. The third-order valence-electron chi connectivity index (χ3n) is 4.08. The average Bonchev–Trinajstić information content (AvgIpc) is 2.88. The second kappa shape index (κ2) is 7.41. The molecular weight excluding hydrogens is 252 g/mol. The van der Waals surface area contributed by atoms with Crippen molar-refractivity contribution < 1.29 is 9.90 Å². The van der Waals surface area contributed by atoms with Gasteiger partial charge in [0.15, 0.2) is 0 Å². The molecule has 4 nitrogen and oxygen atoms in total. The highest BCUT2D eigenvalue weighted by atomic mass is 16.3. The second-order valence-electron chi connectivity index (χ2n) is 5.63. The van der Waals surface area contributed by atoms with Gasteiger partial charge in [-0.3, -0.25) is 4.79 Å². The Hall–Kier alpha value is -1.39. The topological polar surface area (TPSA) is 75.4 Å². The fraction of sp³-hybridized carbons (Fsp3) is 0.562. The van der Waals surface area contributed by atoms with E-state index < -0.39 is 6.04 Å². The molecule has 1 saturated carbocycles. The van der Waals surface area contributed by atoms with Gasteiger partial charge in [-0.25, -0.2) is 0 Å². The lowest BCUT2D eigenvalue weighted by Crippen LogP contribution is -2.43. The zero-order valence-corrected chi connectivity index (χ0v) is 11.8. The first-order valence-corrected chi connectivity index (χ1v) is 7.42. The van der Waals surface area contributed by atoms with Gasteiger partial charge in [0, 0.05) is 12.5 Å². The Bertz CT molecular complexity index is 422. The predicted molar refractivity (Wildman–Crippen MR) is 79.1 cm³/mol. The van der Waals surface area contributed by atoms with Crippen molar-refractivity contribution in [3.05, 3.63) is 35.9 Å². The summed E-state index contributed by atoms with van der Waals surface area (Å²) >= 11 is 0. The van der Waals surface area contributed by atoms with Crippen LogP contribution in [0.4, 0.5) is 0 Å². The molecule has 3 atom stereocenters. The molecule has 0 aromatic heterocycles. The van der Waals surface area contributed by atoms with Gasteiger partial charge in [0.05, 0.1) is 12.1 Å². The summed E-state index contributed by atoms with van der Waals surface area (Å²) in [6.45, 7) is 0.541. The molecule has 1 aromatic carbocycles. The van der Waals surface area contributed by atoms with Crippen LogP contribution >= 0.6 is 0 Å². The fourth-order valence-corrected chi connectivity index (χ4v) is 2.72. The smallest absolute Gasteiger partial charge is 0.236 e. The van der Waals surface area contributed by atoms with Crippen molar-refractivity contribution in [2.24, 2.45) is 11.7 Å². The molecule has 2 rings (SSSR count). The second-order valence-corrected chi connectivity index (χ2v) is 5.63. The van der Waals surface area contributed by atoms with Crippen LogP contribution in [0.1, 0.15) is 31.2 Å². The Kier molecular flexibility index (Phi) is 5.56. The van der Waals surface area contributed by atoms with Crippen LogP contribution in [-0.2, 0) is 11.2 Å². The van der Waals surface area contributed by atoms with E-state index in [9.17, 15) is 9.90 Å². The van der Waals surface area contributed by atoms with E-state index in [2.05, 4.69) is 5.32 Å². The normalized spacial score (nSPS) is 23.5. The van der Waals surface area contributed by atoms with E-state index in [0.29, 0.717) is 13.0 Å². The van der Waals surface area contributed by atoms with Crippen LogP contribution in [0.25, 0.3) is 0 Å². The minimum absolute atomic E-state index is 0.111. The monoisotopic (exact) mass is 276 g/mol. The Balaban J connectivity index is 1.69. The largest absolute Gasteiger partial charge is 0.393 e. The fourth-order valence-electron chi connectivity index (χ4n) is 2.72. The number of amides is 1. The van der Waals surface area contributed by atoms with Gasteiger partial charge in [-0.05, 0) is 31.2 Å². The molecule has 3 unspecified atom stereocenters. The first kappa shape index (κ1) is 15.0. The summed E-state index contributed by atoms with van der Waals surface area (Å²) in [4.78, 5) is 11.9. The number of rotatable bonds is 6. The molecule has 1 fully saturated rings. The molecule has 0 heterocycles. The van der Waals surface area contributed by atoms with Crippen molar-refractivity contribution >= 4 is 5.91 Å². The van der Waals surface area contributed by atoms with Crippen molar-refractivity contribution in [1.29, 1.82) is 0 Å². The first-order chi connectivity index (χ1) is 9.66. The molecule has 4 heteroatoms. The third kappa shape index (κ3) is 4.32. The van der Waals surface area contributed by atoms with Crippen molar-refractivity contribution in [3.63, 3.8) is 0 Å². The highest BCUT2D eigenvalue weighted by Crippen LogP contribution is 2.24. The van der Waals surface area contributed by atoms with Crippen LogP contribution in [0.2, 0.25) is 0 Å². The molecule has 4 N–H and O–H groups in total. The molecule has 20 heavy (non-hydrogen) atoms. The van der Waals surface area contributed by atoms with Crippen molar-refractivity contribution in [2.75, 3.05) is 6.54 Å². The summed E-state index contributed by atoms with van der Waals surface area (Å²) in [6, 6.07) is 9.56. The van der Waals surface area contributed by atoms with Gasteiger partial charge in [0.2, 0.25) is 5.91 Å². The Morgan fingerprint density at radius 3 is 2.75 bits per heavy atom. The zero-order chi connectivity index (χ0) is 14.4. The minimum Gasteiger partial charge on any atom is -0.393 e. The lowest BCUT2D eigenvalue weighted by Gasteiger charge is -2.17. The Morgan fingerprint density at radius 2 is 2.10 bits per heavy atom. The van der Waals surface area contributed by atoms with Crippen LogP contribution in [0.5, 0.6) is 0 Å². The van der Waals surface area contributed by atoms with E-state index in [1.54, 1.807) is 0 Å². The van der Waals surface area contributed by atoms with Crippen molar-refractivity contribution in [3.8, 4) is 0 Å². The summed E-state index contributed by atoms with van der Waals surface area (Å²) in [5.41, 5.74) is 7.11. The molecule has 110 valence electrons. The Labute approximate surface area is 120 Å². The van der Waals surface area contributed by atoms with Crippen LogP contribution < -0.4 is 11.1 Å². The summed E-state index contributed by atoms with van der Waals surface area (Å²) in [5, 5.41) is 12.6. The van der Waals surface area contributed by atoms with Crippen molar-refractivity contribution in [1.82, 2.24) is 5.32 Å². The van der Waals surface area contributed by atoms with Gasteiger partial charge in [0.1, 0.15) is 0 Å². The van der Waals surface area contributed by atoms with E-state index in [1.807, 2.05) is 30.3 Å². The highest BCUT2D eigenvalue weighted by molar-refractivity contribution is 5.81. The number of nitrogens with one attached hydrogen (secondary N) is 1. The molecule has 0 saturated heterocycles. The number of carbonyl (C=O) groups excluding carboxylic acids is 1. The lowest BCUT2D eigenvalue weighted by atomic mass is 10.0. The maximum atomic E-state index is 11.9. The third-order valence-corrected chi connectivity index (χ3v) is 4.08. The number of aliphatic hydroxyl groups is 1. The summed E-state index contributed by atoms with van der Waals surface area (Å²) in [6.07, 6.45) is 4.06. The van der Waals surface area contributed by atoms with E-state index in [-0.39, 0.29) is 17.9 Å². The number of carbonyl (C=O) groups is 1. The van der Waals surface area contributed by atoms with Gasteiger partial charge in [-0.2, -0.15) is 0 Å². The molecule has 0 aliphatic heterocycles. The van der Waals surface area contributed by atoms with Gasteiger partial charge < -0.3 is 16.2 Å². The van der Waals surface area contributed by atoms with Crippen LogP contribution in [0.3, 0.4) is 0 Å². The van der Waals surface area contributed by atoms with Crippen LogP contribution in [0.15, 0.2) is 30.3 Å².